The van der Waals surface area contributed by atoms with Crippen LogP contribution in [0.25, 0.3) is 11.5 Å². The van der Waals surface area contributed by atoms with Gasteiger partial charge in [0.15, 0.2) is 0 Å². The number of hydrogen-bond donors (Lipinski definition) is 1. The quantitative estimate of drug-likeness (QED) is 0.231. The molecule has 0 spiro atoms. The van der Waals surface area contributed by atoms with E-state index >= 15 is 0 Å². The lowest BCUT2D eigenvalue weighted by Crippen LogP contribution is -2.53. The van der Waals surface area contributed by atoms with Crippen molar-refractivity contribution in [2.24, 2.45) is 0 Å². The zero-order chi connectivity index (χ0) is 29.6. The van der Waals surface area contributed by atoms with E-state index in [1.807, 2.05) is 60.4 Å². The van der Waals surface area contributed by atoms with Gasteiger partial charge in [0.25, 0.3) is 5.60 Å². The molecule has 2 heterocycles. The second-order valence-electron chi connectivity index (χ2n) is 10.1. The third kappa shape index (κ3) is 5.38. The molecule has 0 bridgehead atoms. The van der Waals surface area contributed by atoms with Crippen LogP contribution < -0.4 is 9.64 Å². The lowest BCUT2D eigenvalue weighted by Gasteiger charge is -2.33. The summed E-state index contributed by atoms with van der Waals surface area (Å²) in [5, 5.41) is 9.82. The molecule has 0 saturated carbocycles. The Morgan fingerprint density at radius 3 is 2.34 bits per heavy atom. The minimum atomic E-state index is -5.94. The van der Waals surface area contributed by atoms with Crippen LogP contribution >= 0.6 is 0 Å². The van der Waals surface area contributed by atoms with Gasteiger partial charge in [-0.25, -0.2) is 4.98 Å². The first-order valence-corrected chi connectivity index (χ1v) is 12.8. The minimum absolute atomic E-state index is 0.194. The summed E-state index contributed by atoms with van der Waals surface area (Å²) in [5.41, 5.74) is -3.23. The maximum absolute atomic E-state index is 13.4. The minimum Gasteiger partial charge on any atom is -0.489 e. The van der Waals surface area contributed by atoms with E-state index in [0.717, 1.165) is 11.6 Å². The van der Waals surface area contributed by atoms with Crippen LogP contribution in [0.2, 0.25) is 0 Å². The van der Waals surface area contributed by atoms with Crippen molar-refractivity contribution in [1.82, 2.24) is 4.98 Å². The number of nitrogens with zero attached hydrogens (tertiary/aromatic N) is 2. The van der Waals surface area contributed by atoms with Crippen molar-refractivity contribution in [3.05, 3.63) is 101 Å². The van der Waals surface area contributed by atoms with Gasteiger partial charge in [-0.3, -0.25) is 0 Å². The van der Waals surface area contributed by atoms with Crippen molar-refractivity contribution in [1.29, 1.82) is 0 Å². The van der Waals surface area contributed by atoms with E-state index in [2.05, 4.69) is 4.98 Å². The van der Waals surface area contributed by atoms with Crippen LogP contribution in [-0.2, 0) is 25.2 Å². The Morgan fingerprint density at radius 1 is 0.951 bits per heavy atom. The largest absolute Gasteiger partial charge is 0.489 e. The first-order valence-electron chi connectivity index (χ1n) is 12.8. The topological polar surface area (TPSA) is 58.7 Å². The molecule has 1 aliphatic heterocycles. The highest BCUT2D eigenvalue weighted by atomic mass is 19.4. The lowest BCUT2D eigenvalue weighted by molar-refractivity contribution is -0.376. The summed E-state index contributed by atoms with van der Waals surface area (Å²) in [6.07, 6.45) is -11.7. The number of ether oxygens (including phenoxy) is 1. The molecule has 1 aromatic heterocycles. The van der Waals surface area contributed by atoms with Gasteiger partial charge in [-0.1, -0.05) is 48.5 Å². The molecule has 1 atom stereocenters. The number of aromatic nitrogens is 1. The van der Waals surface area contributed by atoms with E-state index in [0.29, 0.717) is 47.0 Å². The highest BCUT2D eigenvalue weighted by Crippen LogP contribution is 2.51. The molecule has 0 aliphatic carbocycles. The fraction of sp³-hybridized carbons (Fsp3) is 0.300. The summed E-state index contributed by atoms with van der Waals surface area (Å²) in [7, 11) is 0. The third-order valence-corrected chi connectivity index (χ3v) is 7.22. The molecule has 5 nitrogen and oxygen atoms in total. The number of fused-ring (bicyclic) bond motifs is 1. The summed E-state index contributed by atoms with van der Waals surface area (Å²) < 4.78 is 92.2. The molecule has 11 heteroatoms. The van der Waals surface area contributed by atoms with Gasteiger partial charge < -0.3 is 19.2 Å². The summed E-state index contributed by atoms with van der Waals surface area (Å²) in [6, 6.07) is 19.3. The van der Waals surface area contributed by atoms with E-state index in [-0.39, 0.29) is 24.6 Å². The van der Waals surface area contributed by atoms with Crippen LogP contribution in [0.3, 0.4) is 0 Å². The lowest BCUT2D eigenvalue weighted by atomic mass is 9.90. The highest BCUT2D eigenvalue weighted by Gasteiger charge is 2.71. The Kier molecular flexibility index (Phi) is 7.27. The maximum atomic E-state index is 13.4. The Labute approximate surface area is 232 Å². The summed E-state index contributed by atoms with van der Waals surface area (Å²) in [5.74, 6) is 1.50. The van der Waals surface area contributed by atoms with E-state index in [9.17, 15) is 31.4 Å². The summed E-state index contributed by atoms with van der Waals surface area (Å²) in [4.78, 5) is 6.47. The molecule has 1 unspecified atom stereocenters. The van der Waals surface area contributed by atoms with Crippen molar-refractivity contribution < 1.29 is 40.6 Å². The zero-order valence-electron chi connectivity index (χ0n) is 22.1. The van der Waals surface area contributed by atoms with Crippen LogP contribution in [0, 0.1) is 6.92 Å². The molecule has 0 amide bonds. The van der Waals surface area contributed by atoms with Crippen LogP contribution in [0.1, 0.15) is 35.1 Å². The predicted molar refractivity (Wildman–Crippen MR) is 139 cm³/mol. The number of anilines is 1. The number of halogens is 6. The van der Waals surface area contributed by atoms with E-state index in [1.54, 1.807) is 13.0 Å². The molecular weight excluding hydrogens is 550 g/mol. The van der Waals surface area contributed by atoms with Gasteiger partial charge in [0.1, 0.15) is 23.8 Å². The van der Waals surface area contributed by atoms with Crippen molar-refractivity contribution in [3.63, 3.8) is 0 Å². The van der Waals surface area contributed by atoms with Crippen LogP contribution in [0.15, 0.2) is 77.2 Å². The van der Waals surface area contributed by atoms with Crippen molar-refractivity contribution in [3.8, 4) is 17.2 Å². The van der Waals surface area contributed by atoms with Crippen LogP contribution in [-0.4, -0.2) is 28.5 Å². The molecule has 41 heavy (non-hydrogen) atoms. The molecule has 0 radical (unpaired) electrons. The van der Waals surface area contributed by atoms with Gasteiger partial charge in [-0.05, 0) is 55.7 Å². The SMILES string of the molecule is Cc1oc(-c2cccc(OCc3ccccc3)c2)nc1CN1c2ccc(C(O)(C(F)(F)F)C(F)(F)F)cc2CC1C. The second-order valence-corrected chi connectivity index (χ2v) is 10.1. The Balaban J connectivity index is 1.37. The van der Waals surface area contributed by atoms with Crippen molar-refractivity contribution >= 4 is 5.69 Å². The maximum Gasteiger partial charge on any atom is 0.430 e. The number of rotatable bonds is 7. The Hall–Kier alpha value is -3.99. The van der Waals surface area contributed by atoms with Gasteiger partial charge >= 0.3 is 12.4 Å². The van der Waals surface area contributed by atoms with Gasteiger partial charge in [-0.2, -0.15) is 26.3 Å². The standard InChI is InChI=1S/C30H26F6N2O3/c1-18-13-22-14-23(28(39,29(31,32)33)30(34,35)36)11-12-26(22)38(18)16-25-19(2)41-27(37-25)21-9-6-10-24(15-21)40-17-20-7-4-3-5-8-20/h3-12,14-15,18,39H,13,16-17H2,1-2H3. The number of oxazole rings is 1. The Morgan fingerprint density at radius 2 is 1.66 bits per heavy atom. The molecule has 0 saturated heterocycles. The highest BCUT2D eigenvalue weighted by molar-refractivity contribution is 5.62. The van der Waals surface area contributed by atoms with Crippen LogP contribution in [0.4, 0.5) is 32.0 Å². The number of benzene rings is 3. The smallest absolute Gasteiger partial charge is 0.430 e. The summed E-state index contributed by atoms with van der Waals surface area (Å²) in [6.45, 7) is 4.15. The molecule has 4 aromatic rings. The van der Waals surface area contributed by atoms with E-state index in [1.165, 1.54) is 6.07 Å². The molecule has 1 N–H and O–H groups in total. The van der Waals surface area contributed by atoms with Crippen molar-refractivity contribution in [2.45, 2.75) is 57.4 Å². The van der Waals surface area contributed by atoms with Gasteiger partial charge in [0.2, 0.25) is 5.89 Å². The monoisotopic (exact) mass is 576 g/mol. The first kappa shape index (κ1) is 28.5. The molecule has 0 fully saturated rings. The van der Waals surface area contributed by atoms with Gasteiger partial charge in [-0.15, -0.1) is 0 Å². The van der Waals surface area contributed by atoms with E-state index < -0.39 is 23.5 Å². The number of hydrogen-bond acceptors (Lipinski definition) is 5. The average Bonchev–Trinajstić information content (AvgIpc) is 3.44. The fourth-order valence-electron chi connectivity index (χ4n) is 4.97. The normalized spacial score (nSPS) is 15.7. The average molecular weight is 577 g/mol. The number of alkyl halides is 6. The zero-order valence-corrected chi connectivity index (χ0v) is 22.1. The van der Waals surface area contributed by atoms with E-state index in [4.69, 9.17) is 9.15 Å². The molecule has 3 aromatic carbocycles. The second kappa shape index (κ2) is 10.4. The van der Waals surface area contributed by atoms with Gasteiger partial charge in [0, 0.05) is 22.9 Å². The summed E-state index contributed by atoms with van der Waals surface area (Å²) >= 11 is 0. The van der Waals surface area contributed by atoms with Crippen molar-refractivity contribution in [2.75, 3.05) is 4.90 Å². The third-order valence-electron chi connectivity index (χ3n) is 7.22. The molecular formula is C30H26F6N2O3. The number of aryl methyl sites for hydroxylation is 1. The first-order chi connectivity index (χ1) is 19.3. The fourth-order valence-corrected chi connectivity index (χ4v) is 4.97. The number of aliphatic hydroxyl groups is 1. The predicted octanol–water partition coefficient (Wildman–Crippen LogP) is 7.49. The van der Waals surface area contributed by atoms with Crippen LogP contribution in [0.5, 0.6) is 5.75 Å². The van der Waals surface area contributed by atoms with Gasteiger partial charge in [0.05, 0.1) is 6.54 Å². The Bertz CT molecular complexity index is 1520. The molecule has 1 aliphatic rings. The molecule has 216 valence electrons. The molecule has 5 rings (SSSR count).